The minimum atomic E-state index is -1.40. The monoisotopic (exact) mass is 496 g/mol. The second-order valence-corrected chi connectivity index (χ2v) is 8.78. The highest BCUT2D eigenvalue weighted by Crippen LogP contribution is 2.32. The van der Waals surface area contributed by atoms with Crippen LogP contribution in [-0.4, -0.2) is 79.5 Å². The highest BCUT2D eigenvalue weighted by atomic mass is 16.6. The van der Waals surface area contributed by atoms with Crippen LogP contribution >= 0.6 is 0 Å². The Labute approximate surface area is 206 Å². The molecule has 4 heterocycles. The van der Waals surface area contributed by atoms with Gasteiger partial charge in [-0.1, -0.05) is 12.1 Å². The van der Waals surface area contributed by atoms with Crippen LogP contribution in [0.4, 0.5) is 11.5 Å². The van der Waals surface area contributed by atoms with E-state index in [0.29, 0.717) is 29.2 Å². The molecule has 0 bridgehead atoms. The maximum atomic E-state index is 12.4. The number of aliphatic hydroxyl groups is 2. The van der Waals surface area contributed by atoms with E-state index in [1.165, 1.54) is 24.3 Å². The smallest absolute Gasteiger partial charge is 0.251 e. The zero-order valence-electron chi connectivity index (χ0n) is 19.6. The van der Waals surface area contributed by atoms with Crippen LogP contribution in [0.2, 0.25) is 0 Å². The minimum absolute atomic E-state index is 0.0410. The number of rotatable bonds is 7. The zero-order valence-corrected chi connectivity index (χ0v) is 19.6. The second-order valence-electron chi connectivity index (χ2n) is 8.78. The zero-order chi connectivity index (χ0) is 25.2. The Morgan fingerprint density at radius 2 is 2.06 bits per heavy atom. The van der Waals surface area contributed by atoms with Gasteiger partial charge in [-0.15, -0.1) is 0 Å². The molecule has 2 aromatic heterocycles. The van der Waals surface area contributed by atoms with E-state index in [-0.39, 0.29) is 11.9 Å². The van der Waals surface area contributed by atoms with E-state index in [4.69, 9.17) is 4.74 Å². The summed E-state index contributed by atoms with van der Waals surface area (Å²) in [7, 11) is 1.42. The molecule has 1 unspecified atom stereocenters. The van der Waals surface area contributed by atoms with Crippen LogP contribution in [0.1, 0.15) is 24.6 Å². The van der Waals surface area contributed by atoms with Crippen molar-refractivity contribution in [3.63, 3.8) is 0 Å². The molecule has 0 saturated carbocycles. The molecule has 2 fully saturated rings. The standard InChI is InChI=1S/C23H28N8O5/c1-24-22(35)18-16(32)17(33)23(36-18)31-11-29-15-19(27-10-28-20(15)31)26-9-12-4-2-5-13(8-12)30-21(34)14-6-3-7-25-14/h2,4-5,8,10-11,14,16-18,23,25,32-33H,3,6-7,9H2,1H3,(H,24,35)(H,30,34)(H,26,27,28)/t14?,16-,17+,18-,23+/m0/s1. The van der Waals surface area contributed by atoms with Crippen LogP contribution in [0.3, 0.4) is 0 Å². The Bertz CT molecular complexity index is 1260. The van der Waals surface area contributed by atoms with Crippen LogP contribution < -0.4 is 21.3 Å². The van der Waals surface area contributed by atoms with Gasteiger partial charge < -0.3 is 36.2 Å². The van der Waals surface area contributed by atoms with Crippen molar-refractivity contribution in [3.8, 4) is 0 Å². The summed E-state index contributed by atoms with van der Waals surface area (Å²) in [6.45, 7) is 1.26. The third kappa shape index (κ3) is 4.60. The summed E-state index contributed by atoms with van der Waals surface area (Å²) in [5.74, 6) is -0.122. The number of likely N-dealkylation sites (N-methyl/N-ethyl adjacent to an activating group) is 1. The van der Waals surface area contributed by atoms with Gasteiger partial charge in [0.2, 0.25) is 5.91 Å². The lowest BCUT2D eigenvalue weighted by molar-refractivity contribution is -0.137. The summed E-state index contributed by atoms with van der Waals surface area (Å²) in [6.07, 6.45) is -0.428. The molecule has 3 aromatic rings. The van der Waals surface area contributed by atoms with Crippen LogP contribution in [0, 0.1) is 0 Å². The van der Waals surface area contributed by atoms with E-state index in [1.807, 2.05) is 24.3 Å². The number of carbonyl (C=O) groups is 2. The number of aliphatic hydroxyl groups excluding tert-OH is 2. The first-order valence-electron chi connectivity index (χ1n) is 11.7. The van der Waals surface area contributed by atoms with Crippen LogP contribution in [-0.2, 0) is 20.9 Å². The first kappa shape index (κ1) is 24.1. The summed E-state index contributed by atoms with van der Waals surface area (Å²) in [4.78, 5) is 37.3. The summed E-state index contributed by atoms with van der Waals surface area (Å²) < 4.78 is 7.10. The average molecular weight is 497 g/mol. The lowest BCUT2D eigenvalue weighted by Crippen LogP contribution is -2.41. The number of hydrogen-bond acceptors (Lipinski definition) is 10. The van der Waals surface area contributed by atoms with E-state index < -0.39 is 30.4 Å². The summed E-state index contributed by atoms with van der Waals surface area (Å²) in [5, 5.41) is 32.5. The lowest BCUT2D eigenvalue weighted by atomic mass is 10.1. The van der Waals surface area contributed by atoms with Gasteiger partial charge in [0.1, 0.15) is 18.5 Å². The number of hydrogen-bond donors (Lipinski definition) is 6. The minimum Gasteiger partial charge on any atom is -0.387 e. The number of imidazole rings is 1. The molecule has 1 aromatic carbocycles. The highest BCUT2D eigenvalue weighted by molar-refractivity contribution is 5.95. The van der Waals surface area contributed by atoms with Crippen LogP contribution in [0.5, 0.6) is 0 Å². The van der Waals surface area contributed by atoms with Crippen molar-refractivity contribution >= 4 is 34.5 Å². The third-order valence-electron chi connectivity index (χ3n) is 6.41. The fraction of sp³-hybridized carbons (Fsp3) is 0.435. The number of carbonyl (C=O) groups excluding carboxylic acids is 2. The Balaban J connectivity index is 1.30. The van der Waals surface area contributed by atoms with E-state index in [1.54, 1.807) is 0 Å². The molecule has 5 rings (SSSR count). The number of nitrogens with one attached hydrogen (secondary N) is 4. The van der Waals surface area contributed by atoms with Crippen molar-refractivity contribution in [1.82, 2.24) is 30.2 Å². The molecule has 2 saturated heterocycles. The molecule has 2 amide bonds. The number of fused-ring (bicyclic) bond motifs is 1. The Hall–Kier alpha value is -3.65. The summed E-state index contributed by atoms with van der Waals surface area (Å²) >= 11 is 0. The largest absolute Gasteiger partial charge is 0.387 e. The molecule has 190 valence electrons. The van der Waals surface area contributed by atoms with E-state index in [0.717, 1.165) is 24.9 Å². The summed E-state index contributed by atoms with van der Waals surface area (Å²) in [6, 6.07) is 7.36. The molecule has 6 N–H and O–H groups in total. The maximum Gasteiger partial charge on any atom is 0.251 e. The molecule has 13 heteroatoms. The molecular formula is C23H28N8O5. The van der Waals surface area contributed by atoms with Crippen molar-refractivity contribution in [1.29, 1.82) is 0 Å². The molecule has 36 heavy (non-hydrogen) atoms. The first-order chi connectivity index (χ1) is 17.5. The second kappa shape index (κ2) is 10.1. The predicted molar refractivity (Wildman–Crippen MR) is 129 cm³/mol. The van der Waals surface area contributed by atoms with E-state index >= 15 is 0 Å². The lowest BCUT2D eigenvalue weighted by Gasteiger charge is -2.16. The average Bonchev–Trinajstić information content (AvgIpc) is 3.63. The number of aromatic nitrogens is 4. The highest BCUT2D eigenvalue weighted by Gasteiger charge is 2.47. The molecule has 13 nitrogen and oxygen atoms in total. The fourth-order valence-electron chi connectivity index (χ4n) is 4.50. The van der Waals surface area contributed by atoms with Gasteiger partial charge in [-0.25, -0.2) is 15.0 Å². The van der Waals surface area contributed by atoms with Crippen molar-refractivity contribution in [2.75, 3.05) is 24.2 Å². The molecule has 0 spiro atoms. The normalized spacial score (nSPS) is 25.7. The van der Waals surface area contributed by atoms with E-state index in [9.17, 15) is 19.8 Å². The van der Waals surface area contributed by atoms with Gasteiger partial charge in [0.15, 0.2) is 29.3 Å². The Morgan fingerprint density at radius 3 is 2.83 bits per heavy atom. The number of amides is 2. The van der Waals surface area contributed by atoms with Crippen molar-refractivity contribution in [2.24, 2.45) is 0 Å². The van der Waals surface area contributed by atoms with Crippen molar-refractivity contribution < 1.29 is 24.5 Å². The third-order valence-corrected chi connectivity index (χ3v) is 6.41. The van der Waals surface area contributed by atoms with Gasteiger partial charge in [-0.3, -0.25) is 14.2 Å². The fourth-order valence-corrected chi connectivity index (χ4v) is 4.50. The number of nitrogens with zero attached hydrogens (tertiary/aromatic N) is 4. The molecular weight excluding hydrogens is 468 g/mol. The molecule has 0 aliphatic carbocycles. The number of anilines is 2. The molecule has 5 atom stereocenters. The number of ether oxygens (including phenoxy) is 1. The van der Waals surface area contributed by atoms with Crippen molar-refractivity contribution in [2.45, 2.75) is 50.0 Å². The topological polar surface area (TPSA) is 176 Å². The van der Waals surface area contributed by atoms with Gasteiger partial charge in [-0.2, -0.15) is 0 Å². The van der Waals surface area contributed by atoms with Gasteiger partial charge >= 0.3 is 0 Å². The Morgan fingerprint density at radius 1 is 1.19 bits per heavy atom. The Kier molecular flexibility index (Phi) is 6.78. The van der Waals surface area contributed by atoms with Crippen LogP contribution in [0.15, 0.2) is 36.9 Å². The SMILES string of the molecule is CNC(=O)[C@H]1O[C@@H](n2cnc3c(NCc4cccc(NC(=O)C5CCCN5)c4)ncnc32)[C@H](O)[C@@H]1O. The van der Waals surface area contributed by atoms with Gasteiger partial charge in [0.05, 0.1) is 12.4 Å². The maximum absolute atomic E-state index is 12.4. The quantitative estimate of drug-likeness (QED) is 0.250. The summed E-state index contributed by atoms with van der Waals surface area (Å²) in [5.41, 5.74) is 2.43. The van der Waals surface area contributed by atoms with Gasteiger partial charge in [0.25, 0.3) is 5.91 Å². The first-order valence-corrected chi connectivity index (χ1v) is 11.7. The van der Waals surface area contributed by atoms with Gasteiger partial charge in [-0.05, 0) is 37.1 Å². The van der Waals surface area contributed by atoms with Crippen molar-refractivity contribution in [3.05, 3.63) is 42.5 Å². The predicted octanol–water partition coefficient (Wildman–Crippen LogP) is -0.506. The molecule has 0 radical (unpaired) electrons. The molecule has 2 aliphatic rings. The van der Waals surface area contributed by atoms with Crippen LogP contribution in [0.25, 0.3) is 11.2 Å². The van der Waals surface area contributed by atoms with E-state index in [2.05, 4.69) is 36.2 Å². The number of benzene rings is 1. The molecule has 2 aliphatic heterocycles. The van der Waals surface area contributed by atoms with Gasteiger partial charge in [0, 0.05) is 19.3 Å².